The monoisotopic (exact) mass is 346 g/mol. The second-order valence-corrected chi connectivity index (χ2v) is 5.42. The lowest BCUT2D eigenvalue weighted by molar-refractivity contribution is -0.138. The summed E-state index contributed by atoms with van der Waals surface area (Å²) in [4.78, 5) is 25.3. The molecule has 106 valence electrons. The zero-order valence-corrected chi connectivity index (χ0v) is 12.5. The Balaban J connectivity index is 1.74. The Labute approximate surface area is 129 Å². The van der Waals surface area contributed by atoms with Gasteiger partial charge in [0.25, 0.3) is 11.8 Å². The van der Waals surface area contributed by atoms with Crippen LogP contribution >= 0.6 is 15.9 Å². The molecule has 0 aliphatic carbocycles. The normalized spacial score (nSPS) is 14.5. The van der Waals surface area contributed by atoms with Crippen LogP contribution in [-0.2, 0) is 16.1 Å². The van der Waals surface area contributed by atoms with Crippen molar-refractivity contribution in [3.63, 3.8) is 0 Å². The van der Waals surface area contributed by atoms with Gasteiger partial charge >= 0.3 is 0 Å². The average Bonchev–Trinajstić information content (AvgIpc) is 3.04. The van der Waals surface area contributed by atoms with Crippen molar-refractivity contribution in [1.29, 1.82) is 0 Å². The second-order valence-electron chi connectivity index (χ2n) is 4.50. The molecule has 0 fully saturated rings. The van der Waals surface area contributed by atoms with Crippen molar-refractivity contribution in [3.05, 3.63) is 64.7 Å². The Hall–Kier alpha value is -2.34. The molecule has 0 saturated carbocycles. The van der Waals surface area contributed by atoms with Gasteiger partial charge in [-0.2, -0.15) is 0 Å². The number of carbonyl (C=O) groups excluding carboxylic acids is 2. The van der Waals surface area contributed by atoms with Gasteiger partial charge in [0.05, 0.1) is 12.8 Å². The van der Waals surface area contributed by atoms with Crippen LogP contribution in [0.2, 0.25) is 0 Å². The molecular weight excluding hydrogens is 336 g/mol. The lowest BCUT2D eigenvalue weighted by Crippen LogP contribution is -2.31. The number of imide groups is 1. The van der Waals surface area contributed by atoms with E-state index in [1.54, 1.807) is 12.1 Å². The number of hydrogen-bond donors (Lipinski definition) is 1. The quantitative estimate of drug-likeness (QED) is 0.864. The molecule has 0 radical (unpaired) electrons. The SMILES string of the molecule is O=C1C=C(Nc2cccc(Br)c2)C(=O)N1Cc1ccco1. The third kappa shape index (κ3) is 2.90. The number of furan rings is 1. The fourth-order valence-corrected chi connectivity index (χ4v) is 2.43. The molecule has 0 bridgehead atoms. The number of rotatable bonds is 4. The van der Waals surface area contributed by atoms with Crippen LogP contribution in [0.3, 0.4) is 0 Å². The van der Waals surface area contributed by atoms with Crippen molar-refractivity contribution in [2.75, 3.05) is 5.32 Å². The van der Waals surface area contributed by atoms with Crippen LogP contribution in [0, 0.1) is 0 Å². The molecule has 3 rings (SSSR count). The minimum atomic E-state index is -0.364. The smallest absolute Gasteiger partial charge is 0.277 e. The van der Waals surface area contributed by atoms with E-state index in [9.17, 15) is 9.59 Å². The van der Waals surface area contributed by atoms with Gasteiger partial charge in [0.1, 0.15) is 11.5 Å². The van der Waals surface area contributed by atoms with Crippen LogP contribution in [0.5, 0.6) is 0 Å². The predicted molar refractivity (Wildman–Crippen MR) is 80.1 cm³/mol. The van der Waals surface area contributed by atoms with Crippen molar-refractivity contribution in [3.8, 4) is 0 Å². The summed E-state index contributed by atoms with van der Waals surface area (Å²) in [6.45, 7) is 0.130. The number of hydrogen-bond acceptors (Lipinski definition) is 4. The second kappa shape index (κ2) is 5.57. The Morgan fingerprint density at radius 1 is 1.19 bits per heavy atom. The fourth-order valence-electron chi connectivity index (χ4n) is 2.03. The highest BCUT2D eigenvalue weighted by atomic mass is 79.9. The highest BCUT2D eigenvalue weighted by molar-refractivity contribution is 9.10. The maximum absolute atomic E-state index is 12.3. The van der Waals surface area contributed by atoms with Crippen LogP contribution < -0.4 is 5.32 Å². The first kappa shape index (κ1) is 13.6. The Bertz CT molecular complexity index is 722. The van der Waals surface area contributed by atoms with Gasteiger partial charge in [0.15, 0.2) is 0 Å². The molecule has 1 aliphatic heterocycles. The summed E-state index contributed by atoms with van der Waals surface area (Å²) in [6.07, 6.45) is 2.81. The minimum absolute atomic E-state index is 0.130. The van der Waals surface area contributed by atoms with Crippen molar-refractivity contribution < 1.29 is 14.0 Å². The molecule has 1 aliphatic rings. The van der Waals surface area contributed by atoms with Gasteiger partial charge in [-0.1, -0.05) is 22.0 Å². The first-order valence-electron chi connectivity index (χ1n) is 6.26. The van der Waals surface area contributed by atoms with Crippen LogP contribution in [0.25, 0.3) is 0 Å². The van der Waals surface area contributed by atoms with Gasteiger partial charge in [-0.15, -0.1) is 0 Å². The summed E-state index contributed by atoms with van der Waals surface area (Å²) in [5, 5.41) is 2.96. The molecule has 0 atom stereocenters. The zero-order valence-electron chi connectivity index (χ0n) is 10.9. The van der Waals surface area contributed by atoms with E-state index >= 15 is 0 Å². The number of halogens is 1. The maximum Gasteiger partial charge on any atom is 0.277 e. The van der Waals surface area contributed by atoms with Crippen LogP contribution in [-0.4, -0.2) is 16.7 Å². The van der Waals surface area contributed by atoms with E-state index in [0.717, 1.165) is 15.1 Å². The molecule has 1 N–H and O–H groups in total. The van der Waals surface area contributed by atoms with Crippen LogP contribution in [0.1, 0.15) is 5.76 Å². The van der Waals surface area contributed by atoms with Crippen molar-refractivity contribution in [1.82, 2.24) is 4.90 Å². The molecule has 0 unspecified atom stereocenters. The number of nitrogens with one attached hydrogen (secondary N) is 1. The summed E-state index contributed by atoms with van der Waals surface area (Å²) in [5.41, 5.74) is 0.987. The van der Waals surface area contributed by atoms with E-state index in [1.807, 2.05) is 24.3 Å². The molecule has 0 spiro atoms. The Kier molecular flexibility index (Phi) is 3.62. The Morgan fingerprint density at radius 3 is 2.76 bits per heavy atom. The van der Waals surface area contributed by atoms with Crippen molar-refractivity contribution in [2.24, 2.45) is 0 Å². The van der Waals surface area contributed by atoms with Gasteiger partial charge in [-0.25, -0.2) is 0 Å². The van der Waals surface area contributed by atoms with Gasteiger partial charge < -0.3 is 9.73 Å². The number of amides is 2. The van der Waals surface area contributed by atoms with Gasteiger partial charge in [-0.3, -0.25) is 14.5 Å². The van der Waals surface area contributed by atoms with Crippen molar-refractivity contribution >= 4 is 33.4 Å². The van der Waals surface area contributed by atoms with Gasteiger partial charge in [0, 0.05) is 16.2 Å². The summed E-state index contributed by atoms with van der Waals surface area (Å²) in [7, 11) is 0. The van der Waals surface area contributed by atoms with E-state index in [4.69, 9.17) is 4.42 Å². The molecule has 1 aromatic carbocycles. The first-order valence-corrected chi connectivity index (χ1v) is 7.05. The number of benzene rings is 1. The molecular formula is C15H11BrN2O3. The Morgan fingerprint density at radius 2 is 2.05 bits per heavy atom. The summed E-state index contributed by atoms with van der Waals surface area (Å²) in [6, 6.07) is 10.8. The summed E-state index contributed by atoms with van der Waals surface area (Å²) in [5.74, 6) is -0.154. The number of anilines is 1. The first-order chi connectivity index (χ1) is 10.1. The maximum atomic E-state index is 12.3. The molecule has 1 aromatic heterocycles. The molecule has 0 saturated heterocycles. The van der Waals surface area contributed by atoms with Gasteiger partial charge in [0.2, 0.25) is 0 Å². The van der Waals surface area contributed by atoms with Crippen LogP contribution in [0.4, 0.5) is 5.69 Å². The highest BCUT2D eigenvalue weighted by Crippen LogP contribution is 2.21. The highest BCUT2D eigenvalue weighted by Gasteiger charge is 2.31. The molecule has 2 heterocycles. The standard InChI is InChI=1S/C15H11BrN2O3/c16-10-3-1-4-11(7-10)17-13-8-14(19)18(15(13)20)9-12-5-2-6-21-12/h1-8,17H,9H2. The molecule has 21 heavy (non-hydrogen) atoms. The fraction of sp³-hybridized carbons (Fsp3) is 0.0667. The van der Waals surface area contributed by atoms with Crippen molar-refractivity contribution in [2.45, 2.75) is 6.54 Å². The van der Waals surface area contributed by atoms with Crippen LogP contribution in [0.15, 0.2) is 63.3 Å². The van der Waals surface area contributed by atoms with E-state index in [-0.39, 0.29) is 24.1 Å². The summed E-state index contributed by atoms with van der Waals surface area (Å²) >= 11 is 3.36. The van der Waals surface area contributed by atoms with Gasteiger partial charge in [-0.05, 0) is 30.3 Å². The summed E-state index contributed by atoms with van der Waals surface area (Å²) < 4.78 is 6.05. The average molecular weight is 347 g/mol. The topological polar surface area (TPSA) is 62.6 Å². The largest absolute Gasteiger partial charge is 0.467 e. The molecule has 6 heteroatoms. The lowest BCUT2D eigenvalue weighted by Gasteiger charge is -2.13. The zero-order chi connectivity index (χ0) is 14.8. The minimum Gasteiger partial charge on any atom is -0.467 e. The molecule has 5 nitrogen and oxygen atoms in total. The number of nitrogens with zero attached hydrogens (tertiary/aromatic N) is 1. The van der Waals surface area contributed by atoms with E-state index < -0.39 is 0 Å². The number of carbonyl (C=O) groups is 2. The van der Waals surface area contributed by atoms with E-state index in [1.165, 1.54) is 12.3 Å². The predicted octanol–water partition coefficient (Wildman–Crippen LogP) is 2.91. The third-order valence-corrected chi connectivity index (χ3v) is 3.50. The lowest BCUT2D eigenvalue weighted by atomic mass is 10.3. The van der Waals surface area contributed by atoms with E-state index in [0.29, 0.717) is 5.76 Å². The molecule has 2 aromatic rings. The molecule has 2 amide bonds. The van der Waals surface area contributed by atoms with E-state index in [2.05, 4.69) is 21.2 Å². The third-order valence-electron chi connectivity index (χ3n) is 3.01.